The van der Waals surface area contributed by atoms with Gasteiger partial charge < -0.3 is 9.64 Å². The van der Waals surface area contributed by atoms with E-state index in [2.05, 4.69) is 26.5 Å². The van der Waals surface area contributed by atoms with E-state index >= 15 is 0 Å². The van der Waals surface area contributed by atoms with Crippen molar-refractivity contribution in [3.05, 3.63) is 18.1 Å². The summed E-state index contributed by atoms with van der Waals surface area (Å²) in [5.41, 5.74) is 0.260. The molecule has 104 valence electrons. The lowest BCUT2D eigenvalue weighted by atomic mass is 9.87. The van der Waals surface area contributed by atoms with Gasteiger partial charge in [0.1, 0.15) is 5.82 Å². The molecule has 0 unspecified atom stereocenters. The van der Waals surface area contributed by atoms with Crippen molar-refractivity contribution in [1.82, 2.24) is 9.97 Å². The topological polar surface area (TPSA) is 55.3 Å². The van der Waals surface area contributed by atoms with Gasteiger partial charge in [-0.05, 0) is 31.6 Å². The quantitative estimate of drug-likeness (QED) is 0.783. The molecule has 0 N–H and O–H groups in total. The summed E-state index contributed by atoms with van der Waals surface area (Å²) >= 11 is 0. The van der Waals surface area contributed by atoms with Crippen LogP contribution in [0.2, 0.25) is 0 Å². The van der Waals surface area contributed by atoms with Crippen molar-refractivity contribution in [2.24, 2.45) is 5.92 Å². The van der Waals surface area contributed by atoms with Crippen LogP contribution in [0.25, 0.3) is 0 Å². The molecular weight excluding hydrogens is 242 g/mol. The van der Waals surface area contributed by atoms with Crippen molar-refractivity contribution in [3.8, 4) is 0 Å². The molecule has 1 aromatic rings. The molecule has 2 rings (SSSR count). The molecule has 5 nitrogen and oxygen atoms in total. The molecule has 1 heterocycles. The van der Waals surface area contributed by atoms with Gasteiger partial charge in [0.2, 0.25) is 0 Å². The van der Waals surface area contributed by atoms with E-state index in [1.54, 1.807) is 6.20 Å². The maximum atomic E-state index is 11.5. The molecule has 5 heteroatoms. The average Bonchev–Trinajstić information content (AvgIpc) is 2.46. The molecular formula is C14H21N3O2. The van der Waals surface area contributed by atoms with Crippen molar-refractivity contribution in [2.45, 2.75) is 38.6 Å². The minimum atomic E-state index is -0.444. The molecule has 0 aliphatic heterocycles. The van der Waals surface area contributed by atoms with E-state index in [1.807, 2.05) is 7.05 Å². The van der Waals surface area contributed by atoms with Gasteiger partial charge in [0, 0.05) is 13.1 Å². The van der Waals surface area contributed by atoms with Gasteiger partial charge in [-0.2, -0.15) is 0 Å². The first-order chi connectivity index (χ1) is 9.11. The van der Waals surface area contributed by atoms with Crippen LogP contribution in [0.3, 0.4) is 0 Å². The van der Waals surface area contributed by atoms with Gasteiger partial charge in [-0.25, -0.2) is 9.78 Å². The molecule has 0 saturated heterocycles. The monoisotopic (exact) mass is 263 g/mol. The lowest BCUT2D eigenvalue weighted by molar-refractivity contribution is 0.0593. The molecule has 0 amide bonds. The number of carbonyl (C=O) groups excluding carboxylic acids is 1. The van der Waals surface area contributed by atoms with Crippen LogP contribution in [0, 0.1) is 5.92 Å². The Morgan fingerprint density at radius 2 is 2.00 bits per heavy atom. The highest BCUT2D eigenvalue weighted by Gasteiger charge is 2.23. The first kappa shape index (κ1) is 13.8. The molecule has 1 aliphatic carbocycles. The fraction of sp³-hybridized carbons (Fsp3) is 0.643. The number of methoxy groups -OCH3 is 1. The molecule has 1 aromatic heterocycles. The Morgan fingerprint density at radius 1 is 1.32 bits per heavy atom. The van der Waals surface area contributed by atoms with E-state index in [1.165, 1.54) is 39.0 Å². The van der Waals surface area contributed by atoms with Crippen LogP contribution in [0.4, 0.5) is 5.82 Å². The Kier molecular flexibility index (Phi) is 4.35. The Labute approximate surface area is 114 Å². The summed E-state index contributed by atoms with van der Waals surface area (Å²) in [7, 11) is 3.37. The van der Waals surface area contributed by atoms with Crippen molar-refractivity contribution in [1.29, 1.82) is 0 Å². The van der Waals surface area contributed by atoms with Gasteiger partial charge in [-0.15, -0.1) is 0 Å². The minimum absolute atomic E-state index is 0.260. The van der Waals surface area contributed by atoms with Crippen LogP contribution in [0.15, 0.2) is 12.4 Å². The smallest absolute Gasteiger partial charge is 0.358 e. The number of nitrogens with zero attached hydrogens (tertiary/aromatic N) is 3. The third-order valence-corrected chi connectivity index (χ3v) is 3.91. The predicted octanol–water partition coefficient (Wildman–Crippen LogP) is 2.28. The van der Waals surface area contributed by atoms with Crippen molar-refractivity contribution >= 4 is 11.8 Å². The molecule has 1 aliphatic rings. The highest BCUT2D eigenvalue weighted by Crippen LogP contribution is 2.28. The second-order valence-electron chi connectivity index (χ2n) is 5.28. The number of anilines is 1. The number of aromatic nitrogens is 2. The van der Waals surface area contributed by atoms with Crippen LogP contribution >= 0.6 is 0 Å². The van der Waals surface area contributed by atoms with Crippen LogP contribution in [-0.4, -0.2) is 36.1 Å². The van der Waals surface area contributed by atoms with Crippen LogP contribution < -0.4 is 4.90 Å². The van der Waals surface area contributed by atoms with Gasteiger partial charge in [0.25, 0.3) is 0 Å². The van der Waals surface area contributed by atoms with E-state index < -0.39 is 5.97 Å². The molecule has 1 fully saturated rings. The number of ether oxygens (including phenoxy) is 1. The van der Waals surface area contributed by atoms with Gasteiger partial charge >= 0.3 is 5.97 Å². The van der Waals surface area contributed by atoms with Crippen molar-refractivity contribution in [2.75, 3.05) is 19.1 Å². The van der Waals surface area contributed by atoms with Crippen molar-refractivity contribution in [3.63, 3.8) is 0 Å². The molecule has 0 bridgehead atoms. The van der Waals surface area contributed by atoms with E-state index in [4.69, 9.17) is 0 Å². The highest BCUT2D eigenvalue weighted by molar-refractivity contribution is 5.87. The zero-order chi connectivity index (χ0) is 13.8. The molecule has 0 atom stereocenters. The van der Waals surface area contributed by atoms with Crippen molar-refractivity contribution < 1.29 is 9.53 Å². The number of hydrogen-bond acceptors (Lipinski definition) is 5. The number of esters is 1. The Morgan fingerprint density at radius 3 is 2.63 bits per heavy atom. The largest absolute Gasteiger partial charge is 0.464 e. The fourth-order valence-corrected chi connectivity index (χ4v) is 2.55. The second kappa shape index (κ2) is 5.99. The second-order valence-corrected chi connectivity index (χ2v) is 5.28. The first-order valence-electron chi connectivity index (χ1n) is 6.75. The number of carbonyl (C=O) groups is 1. The third kappa shape index (κ3) is 3.22. The Balaban J connectivity index is 2.10. The summed E-state index contributed by atoms with van der Waals surface area (Å²) in [4.78, 5) is 22.0. The summed E-state index contributed by atoms with van der Waals surface area (Å²) in [6.07, 6.45) is 7.97. The summed E-state index contributed by atoms with van der Waals surface area (Å²) in [6.45, 7) is 2.30. The first-order valence-corrected chi connectivity index (χ1v) is 6.75. The third-order valence-electron chi connectivity index (χ3n) is 3.91. The minimum Gasteiger partial charge on any atom is -0.464 e. The Bertz CT molecular complexity index is 442. The zero-order valence-electron chi connectivity index (χ0n) is 11.8. The normalized spacial score (nSPS) is 22.9. The lowest BCUT2D eigenvalue weighted by Gasteiger charge is -2.34. The average molecular weight is 263 g/mol. The predicted molar refractivity (Wildman–Crippen MR) is 73.2 cm³/mol. The van der Waals surface area contributed by atoms with Gasteiger partial charge in [-0.3, -0.25) is 4.98 Å². The van der Waals surface area contributed by atoms with Gasteiger partial charge in [-0.1, -0.05) is 6.92 Å². The van der Waals surface area contributed by atoms with Gasteiger partial charge in [0.15, 0.2) is 5.69 Å². The van der Waals surface area contributed by atoms with Crippen LogP contribution in [0.5, 0.6) is 0 Å². The fourth-order valence-electron chi connectivity index (χ4n) is 2.55. The van der Waals surface area contributed by atoms with E-state index in [0.29, 0.717) is 6.04 Å². The molecule has 19 heavy (non-hydrogen) atoms. The summed E-state index contributed by atoms with van der Waals surface area (Å²) in [6, 6.07) is 0.485. The van der Waals surface area contributed by atoms with Crippen LogP contribution in [-0.2, 0) is 4.74 Å². The molecule has 0 aromatic carbocycles. The number of rotatable bonds is 3. The summed E-state index contributed by atoms with van der Waals surface area (Å²) < 4.78 is 4.67. The van der Waals surface area contributed by atoms with Crippen LogP contribution in [0.1, 0.15) is 43.1 Å². The van der Waals surface area contributed by atoms with E-state index in [0.717, 1.165) is 11.7 Å². The number of hydrogen-bond donors (Lipinski definition) is 0. The van der Waals surface area contributed by atoms with E-state index in [-0.39, 0.29) is 5.69 Å². The van der Waals surface area contributed by atoms with Gasteiger partial charge in [0.05, 0.1) is 19.5 Å². The highest BCUT2D eigenvalue weighted by atomic mass is 16.5. The Hall–Kier alpha value is -1.65. The SMILES string of the molecule is COC(=O)c1cncc(N(C)C2CCC(C)CC2)n1. The molecule has 1 saturated carbocycles. The standard InChI is InChI=1S/C14H21N3O2/c1-10-4-6-11(7-5-10)17(2)13-9-15-8-12(16-13)14(18)19-3/h8-11H,4-7H2,1-3H3. The molecule has 0 radical (unpaired) electrons. The summed E-state index contributed by atoms with van der Waals surface area (Å²) in [5, 5.41) is 0. The molecule has 0 spiro atoms. The maximum absolute atomic E-state index is 11.5. The summed E-state index contributed by atoms with van der Waals surface area (Å²) in [5.74, 6) is 1.11. The lowest BCUT2D eigenvalue weighted by Crippen LogP contribution is -2.35. The zero-order valence-corrected chi connectivity index (χ0v) is 11.8. The van der Waals surface area contributed by atoms with E-state index in [9.17, 15) is 4.79 Å². The maximum Gasteiger partial charge on any atom is 0.358 e.